The standard InChI is InChI=1S/C21H19NO7S2/c1-28-15-7-9-16(10-8-15)29-17-11-13-18(14-12-17)31(26,27)20-6-4-3-5-19(20)21(23)22-30(2,24)25/h3-14H,1-2H3,(H,22,23). The highest BCUT2D eigenvalue weighted by atomic mass is 32.2. The molecule has 0 spiro atoms. The van der Waals surface area contributed by atoms with Crippen molar-refractivity contribution >= 4 is 25.8 Å². The average molecular weight is 462 g/mol. The molecule has 0 radical (unpaired) electrons. The van der Waals surface area contributed by atoms with Crippen molar-refractivity contribution in [1.82, 2.24) is 4.72 Å². The van der Waals surface area contributed by atoms with Crippen LogP contribution in [0, 0.1) is 0 Å². The average Bonchev–Trinajstić information content (AvgIpc) is 2.73. The molecule has 31 heavy (non-hydrogen) atoms. The summed E-state index contributed by atoms with van der Waals surface area (Å²) in [6.45, 7) is 0. The zero-order chi connectivity index (χ0) is 22.6. The molecule has 0 atom stereocenters. The molecule has 0 aliphatic carbocycles. The number of rotatable bonds is 7. The highest BCUT2D eigenvalue weighted by molar-refractivity contribution is 7.91. The van der Waals surface area contributed by atoms with Gasteiger partial charge in [0.25, 0.3) is 5.91 Å². The van der Waals surface area contributed by atoms with Gasteiger partial charge in [0.1, 0.15) is 17.2 Å². The van der Waals surface area contributed by atoms with Crippen molar-refractivity contribution in [3.63, 3.8) is 0 Å². The maximum Gasteiger partial charge on any atom is 0.266 e. The second-order valence-electron chi connectivity index (χ2n) is 6.45. The van der Waals surface area contributed by atoms with E-state index in [1.807, 2.05) is 0 Å². The SMILES string of the molecule is COc1ccc(Oc2ccc(S(=O)(=O)c3ccccc3C(=O)NS(C)(=O)=O)cc2)cc1. The van der Waals surface area contributed by atoms with Gasteiger partial charge in [-0.3, -0.25) is 4.79 Å². The second-order valence-corrected chi connectivity index (χ2v) is 10.1. The van der Waals surface area contributed by atoms with Crippen molar-refractivity contribution < 1.29 is 31.1 Å². The molecule has 0 aliphatic rings. The molecule has 3 aromatic carbocycles. The van der Waals surface area contributed by atoms with Crippen LogP contribution in [0.5, 0.6) is 17.2 Å². The Hall–Kier alpha value is -3.37. The molecule has 0 fully saturated rings. The molecule has 162 valence electrons. The highest BCUT2D eigenvalue weighted by Crippen LogP contribution is 2.28. The van der Waals surface area contributed by atoms with E-state index >= 15 is 0 Å². The molecule has 0 unspecified atom stereocenters. The van der Waals surface area contributed by atoms with Gasteiger partial charge in [0.2, 0.25) is 19.9 Å². The number of sulfone groups is 1. The Morgan fingerprint density at radius 3 is 1.84 bits per heavy atom. The molecule has 0 aromatic heterocycles. The molecule has 0 saturated heterocycles. The predicted octanol–water partition coefficient (Wildman–Crippen LogP) is 3.01. The van der Waals surface area contributed by atoms with Crippen molar-refractivity contribution in [3.8, 4) is 17.2 Å². The lowest BCUT2D eigenvalue weighted by Crippen LogP contribution is -2.30. The molecule has 0 saturated carbocycles. The van der Waals surface area contributed by atoms with Gasteiger partial charge in [0.15, 0.2) is 0 Å². The van der Waals surface area contributed by atoms with Gasteiger partial charge in [-0.05, 0) is 60.7 Å². The Morgan fingerprint density at radius 2 is 1.29 bits per heavy atom. The molecule has 0 aliphatic heterocycles. The molecule has 1 N–H and O–H groups in total. The van der Waals surface area contributed by atoms with Gasteiger partial charge >= 0.3 is 0 Å². The van der Waals surface area contributed by atoms with Crippen LogP contribution in [0.25, 0.3) is 0 Å². The smallest absolute Gasteiger partial charge is 0.266 e. The van der Waals surface area contributed by atoms with Crippen molar-refractivity contribution in [2.24, 2.45) is 0 Å². The van der Waals surface area contributed by atoms with Gasteiger partial charge in [0, 0.05) is 0 Å². The van der Waals surface area contributed by atoms with Crippen molar-refractivity contribution in [3.05, 3.63) is 78.4 Å². The fraction of sp³-hybridized carbons (Fsp3) is 0.0952. The summed E-state index contributed by atoms with van der Waals surface area (Å²) in [6.07, 6.45) is 0.809. The number of hydrogen-bond acceptors (Lipinski definition) is 7. The fourth-order valence-corrected chi connectivity index (χ4v) is 4.61. The second kappa shape index (κ2) is 8.78. The van der Waals surface area contributed by atoms with Crippen LogP contribution in [-0.4, -0.2) is 36.1 Å². The number of hydrogen-bond donors (Lipinski definition) is 1. The molecule has 1 amide bonds. The lowest BCUT2D eigenvalue weighted by Gasteiger charge is -2.11. The van der Waals surface area contributed by atoms with Crippen LogP contribution < -0.4 is 14.2 Å². The van der Waals surface area contributed by atoms with Crippen LogP contribution >= 0.6 is 0 Å². The minimum atomic E-state index is -4.10. The number of nitrogens with one attached hydrogen (secondary N) is 1. The van der Waals surface area contributed by atoms with E-state index in [0.29, 0.717) is 17.2 Å². The van der Waals surface area contributed by atoms with Crippen molar-refractivity contribution in [2.75, 3.05) is 13.4 Å². The minimum absolute atomic E-state index is 0.0748. The largest absolute Gasteiger partial charge is 0.497 e. The van der Waals surface area contributed by atoms with E-state index in [4.69, 9.17) is 9.47 Å². The van der Waals surface area contributed by atoms with E-state index in [1.54, 1.807) is 36.1 Å². The third-order valence-electron chi connectivity index (χ3n) is 4.13. The van der Waals surface area contributed by atoms with E-state index < -0.39 is 25.8 Å². The van der Waals surface area contributed by atoms with Crippen LogP contribution in [-0.2, 0) is 19.9 Å². The molecule has 10 heteroatoms. The third-order valence-corrected chi connectivity index (χ3v) is 6.51. The summed E-state index contributed by atoms with van der Waals surface area (Å²) in [6, 6.07) is 17.9. The predicted molar refractivity (Wildman–Crippen MR) is 114 cm³/mol. The van der Waals surface area contributed by atoms with Gasteiger partial charge in [-0.25, -0.2) is 21.6 Å². The van der Waals surface area contributed by atoms with Crippen molar-refractivity contribution in [2.45, 2.75) is 9.79 Å². The number of ether oxygens (including phenoxy) is 2. The Bertz CT molecular complexity index is 1300. The topological polar surface area (TPSA) is 116 Å². The number of carbonyl (C=O) groups excluding carboxylic acids is 1. The van der Waals surface area contributed by atoms with Gasteiger partial charge in [-0.15, -0.1) is 0 Å². The molecule has 8 nitrogen and oxygen atoms in total. The van der Waals surface area contributed by atoms with E-state index in [2.05, 4.69) is 0 Å². The summed E-state index contributed by atoms with van der Waals surface area (Å²) in [5, 5.41) is 0. The summed E-state index contributed by atoms with van der Waals surface area (Å²) in [7, 11) is -6.40. The molecular weight excluding hydrogens is 442 g/mol. The monoisotopic (exact) mass is 461 g/mol. The summed E-state index contributed by atoms with van der Waals surface area (Å²) >= 11 is 0. The lowest BCUT2D eigenvalue weighted by atomic mass is 10.2. The molecular formula is C21H19NO7S2. The van der Waals surface area contributed by atoms with Crippen LogP contribution in [0.3, 0.4) is 0 Å². The van der Waals surface area contributed by atoms with Crippen LogP contribution in [0.1, 0.15) is 10.4 Å². The maximum atomic E-state index is 13.1. The number of benzene rings is 3. The Kier molecular flexibility index (Phi) is 6.32. The van der Waals surface area contributed by atoms with Crippen LogP contribution in [0.2, 0.25) is 0 Å². The third kappa shape index (κ3) is 5.41. The number of amides is 1. The van der Waals surface area contributed by atoms with Crippen LogP contribution in [0.4, 0.5) is 0 Å². The van der Waals surface area contributed by atoms with Gasteiger partial charge < -0.3 is 9.47 Å². The summed E-state index contributed by atoms with van der Waals surface area (Å²) in [5.41, 5.74) is -0.272. The highest BCUT2D eigenvalue weighted by Gasteiger charge is 2.25. The van der Waals surface area contributed by atoms with Crippen molar-refractivity contribution in [1.29, 1.82) is 0 Å². The van der Waals surface area contributed by atoms with E-state index in [-0.39, 0.29) is 15.4 Å². The summed E-state index contributed by atoms with van der Waals surface area (Å²) in [4.78, 5) is 11.9. The quantitative estimate of drug-likeness (QED) is 0.575. The maximum absolute atomic E-state index is 13.1. The molecule has 3 aromatic rings. The fourth-order valence-electron chi connectivity index (χ4n) is 2.71. The lowest BCUT2D eigenvalue weighted by molar-refractivity contribution is 0.0978. The number of sulfonamides is 1. The van der Waals surface area contributed by atoms with E-state index in [0.717, 1.165) is 6.26 Å². The zero-order valence-electron chi connectivity index (χ0n) is 16.6. The first-order valence-corrected chi connectivity index (χ1v) is 12.3. The first-order valence-electron chi connectivity index (χ1n) is 8.88. The normalized spacial score (nSPS) is 11.5. The number of carbonyl (C=O) groups is 1. The molecule has 3 rings (SSSR count). The van der Waals surface area contributed by atoms with Gasteiger partial charge in [-0.2, -0.15) is 0 Å². The Balaban J connectivity index is 1.88. The Labute approximate surface area is 180 Å². The minimum Gasteiger partial charge on any atom is -0.497 e. The first-order chi connectivity index (χ1) is 14.6. The molecule has 0 heterocycles. The molecule has 0 bridgehead atoms. The van der Waals surface area contributed by atoms with Gasteiger partial charge in [0.05, 0.1) is 28.7 Å². The van der Waals surface area contributed by atoms with Crippen LogP contribution in [0.15, 0.2) is 82.6 Å². The van der Waals surface area contributed by atoms with E-state index in [1.165, 1.54) is 48.5 Å². The zero-order valence-corrected chi connectivity index (χ0v) is 18.2. The Morgan fingerprint density at radius 1 is 0.774 bits per heavy atom. The summed E-state index contributed by atoms with van der Waals surface area (Å²) < 4.78 is 61.4. The summed E-state index contributed by atoms with van der Waals surface area (Å²) in [5.74, 6) is 0.597. The number of methoxy groups -OCH3 is 1. The first kappa shape index (κ1) is 22.3. The van der Waals surface area contributed by atoms with E-state index in [9.17, 15) is 21.6 Å². The van der Waals surface area contributed by atoms with Gasteiger partial charge in [-0.1, -0.05) is 12.1 Å².